The number of carbonyl (C=O) groups excluding carboxylic acids is 1. The Balaban J connectivity index is 1.55. The molecule has 5 aromatic rings. The average Bonchev–Trinajstić information content (AvgIpc) is 3.07. The maximum atomic E-state index is 13.8. The molecule has 12 nitrogen and oxygen atoms in total. The number of nitro groups is 1. The number of benzene rings is 4. The number of hydrogen-bond donors (Lipinski definition) is 0. The van der Waals surface area contributed by atoms with E-state index in [-0.39, 0.29) is 17.3 Å². The number of methoxy groups -OCH3 is 3. The fourth-order valence-electron chi connectivity index (χ4n) is 4.51. The normalized spacial score (nSPS) is 11.2. The Morgan fingerprint density at radius 1 is 0.935 bits per heavy atom. The third-order valence-corrected chi connectivity index (χ3v) is 7.16. The van der Waals surface area contributed by atoms with Crippen LogP contribution in [0.3, 0.4) is 0 Å². The molecule has 0 radical (unpaired) electrons. The van der Waals surface area contributed by atoms with Crippen LogP contribution in [0.5, 0.6) is 23.0 Å². The van der Waals surface area contributed by atoms with Gasteiger partial charge in [0, 0.05) is 33.8 Å². The summed E-state index contributed by atoms with van der Waals surface area (Å²) in [6, 6.07) is 20.9. The van der Waals surface area contributed by atoms with Crippen LogP contribution in [-0.2, 0) is 4.79 Å². The minimum Gasteiger partial charge on any atom is -0.493 e. The summed E-state index contributed by atoms with van der Waals surface area (Å²) in [5.74, 6) is 0.686. The van der Waals surface area contributed by atoms with Gasteiger partial charge in [0.25, 0.3) is 11.2 Å². The van der Waals surface area contributed by atoms with E-state index < -0.39 is 16.5 Å². The fourth-order valence-corrected chi connectivity index (χ4v) is 4.89. The lowest BCUT2D eigenvalue weighted by Gasteiger charge is -2.15. The molecule has 0 aliphatic heterocycles. The van der Waals surface area contributed by atoms with Gasteiger partial charge >= 0.3 is 5.97 Å². The van der Waals surface area contributed by atoms with Gasteiger partial charge in [0.15, 0.2) is 17.3 Å². The smallest absolute Gasteiger partial charge is 0.336 e. The molecule has 0 saturated heterocycles. The van der Waals surface area contributed by atoms with Gasteiger partial charge < -0.3 is 18.9 Å². The number of halogens is 1. The first-order chi connectivity index (χ1) is 22.2. The largest absolute Gasteiger partial charge is 0.493 e. The second kappa shape index (κ2) is 13.9. The highest BCUT2D eigenvalue weighted by Gasteiger charge is 2.19. The van der Waals surface area contributed by atoms with Crippen molar-refractivity contribution < 1.29 is 28.7 Å². The maximum absolute atomic E-state index is 13.8. The van der Waals surface area contributed by atoms with E-state index >= 15 is 0 Å². The predicted molar refractivity (Wildman–Crippen MR) is 176 cm³/mol. The minimum absolute atomic E-state index is 0.105. The van der Waals surface area contributed by atoms with Gasteiger partial charge in [-0.2, -0.15) is 9.78 Å². The summed E-state index contributed by atoms with van der Waals surface area (Å²) in [7, 11) is 4.45. The summed E-state index contributed by atoms with van der Waals surface area (Å²) in [4.78, 5) is 41.8. The van der Waals surface area contributed by atoms with Crippen LogP contribution < -0.4 is 24.5 Å². The summed E-state index contributed by atoms with van der Waals surface area (Å²) in [5.41, 5.74) is 1.18. The lowest BCUT2D eigenvalue weighted by molar-refractivity contribution is -0.384. The first kappa shape index (κ1) is 31.6. The van der Waals surface area contributed by atoms with E-state index in [1.54, 1.807) is 60.7 Å². The summed E-state index contributed by atoms with van der Waals surface area (Å²) >= 11 is 3.42. The lowest BCUT2D eigenvalue weighted by Crippen LogP contribution is -2.20. The zero-order valence-corrected chi connectivity index (χ0v) is 26.3. The first-order valence-corrected chi connectivity index (χ1v) is 14.3. The Labute approximate surface area is 270 Å². The van der Waals surface area contributed by atoms with Gasteiger partial charge in [-0.1, -0.05) is 40.2 Å². The van der Waals surface area contributed by atoms with Gasteiger partial charge in [-0.05, 0) is 54.1 Å². The van der Waals surface area contributed by atoms with Gasteiger partial charge in [-0.25, -0.2) is 9.78 Å². The van der Waals surface area contributed by atoms with Gasteiger partial charge in [-0.15, -0.1) is 0 Å². The van der Waals surface area contributed by atoms with Crippen molar-refractivity contribution in [2.24, 2.45) is 5.10 Å². The van der Waals surface area contributed by atoms with E-state index in [4.69, 9.17) is 23.9 Å². The van der Waals surface area contributed by atoms with Crippen LogP contribution in [0.15, 0.2) is 99.3 Å². The number of rotatable bonds is 10. The van der Waals surface area contributed by atoms with E-state index in [9.17, 15) is 19.7 Å². The molecule has 1 aromatic heterocycles. The molecule has 0 aliphatic rings. The number of carbonyl (C=O) groups is 1. The van der Waals surface area contributed by atoms with Crippen molar-refractivity contribution in [2.45, 2.75) is 0 Å². The number of aromatic nitrogens is 2. The molecule has 0 unspecified atom stereocenters. The molecule has 232 valence electrons. The maximum Gasteiger partial charge on any atom is 0.336 e. The van der Waals surface area contributed by atoms with Crippen LogP contribution in [0.4, 0.5) is 5.69 Å². The van der Waals surface area contributed by atoms with Crippen LogP contribution in [0.1, 0.15) is 11.1 Å². The number of ether oxygens (including phenoxy) is 4. The second-order valence-electron chi connectivity index (χ2n) is 9.52. The molecule has 0 N–H and O–H groups in total. The zero-order chi connectivity index (χ0) is 32.8. The summed E-state index contributed by atoms with van der Waals surface area (Å²) in [5, 5.41) is 15.9. The summed E-state index contributed by atoms with van der Waals surface area (Å²) < 4.78 is 23.8. The van der Waals surface area contributed by atoms with E-state index in [2.05, 4.69) is 21.0 Å². The van der Waals surface area contributed by atoms with Crippen molar-refractivity contribution in [1.29, 1.82) is 0 Å². The van der Waals surface area contributed by atoms with Crippen molar-refractivity contribution in [3.05, 3.63) is 121 Å². The number of non-ortho nitro benzene ring substituents is 1. The highest BCUT2D eigenvalue weighted by atomic mass is 79.9. The molecule has 1 heterocycles. The van der Waals surface area contributed by atoms with Crippen LogP contribution in [0, 0.1) is 10.1 Å². The van der Waals surface area contributed by atoms with Crippen molar-refractivity contribution >= 4 is 50.8 Å². The van der Waals surface area contributed by atoms with Crippen LogP contribution in [-0.4, -0.2) is 48.1 Å². The molecular weight excluding hydrogens is 660 g/mol. The average molecular weight is 685 g/mol. The fraction of sp³-hybridized carbons (Fsp3) is 0.0909. The molecule has 13 heteroatoms. The Hall–Kier alpha value is -5.82. The van der Waals surface area contributed by atoms with E-state index in [0.717, 1.165) is 10.8 Å². The Bertz CT molecular complexity index is 2070. The molecule has 46 heavy (non-hydrogen) atoms. The molecule has 4 aromatic carbocycles. The number of hydrogen-bond acceptors (Lipinski definition) is 10. The Kier molecular flexibility index (Phi) is 9.53. The minimum atomic E-state index is -0.730. The van der Waals surface area contributed by atoms with Crippen LogP contribution in [0.25, 0.3) is 28.4 Å². The monoisotopic (exact) mass is 684 g/mol. The number of nitro benzene ring substituents is 1. The third kappa shape index (κ3) is 6.79. The van der Waals surface area contributed by atoms with Crippen LogP contribution in [0.2, 0.25) is 0 Å². The van der Waals surface area contributed by atoms with Gasteiger partial charge in [0.2, 0.25) is 5.75 Å². The predicted octanol–water partition coefficient (Wildman–Crippen LogP) is 6.26. The lowest BCUT2D eigenvalue weighted by atomic mass is 10.1. The van der Waals surface area contributed by atoms with Crippen molar-refractivity contribution in [3.8, 4) is 34.4 Å². The topological polar surface area (TPSA) is 144 Å². The van der Waals surface area contributed by atoms with Gasteiger partial charge in [0.1, 0.15) is 5.75 Å². The third-order valence-electron chi connectivity index (χ3n) is 6.66. The van der Waals surface area contributed by atoms with E-state index in [0.29, 0.717) is 49.3 Å². The molecular formula is C33H25BrN4O8. The van der Waals surface area contributed by atoms with Crippen molar-refractivity contribution in [3.63, 3.8) is 0 Å². The number of nitrogens with zero attached hydrogens (tertiary/aromatic N) is 4. The second-order valence-corrected chi connectivity index (χ2v) is 10.4. The molecule has 0 atom stereocenters. The highest BCUT2D eigenvalue weighted by molar-refractivity contribution is 9.10. The quantitative estimate of drug-likeness (QED) is 0.0415. The standard InChI is InChI=1S/C33H25BrN4O8/c1-43-28-17-21(18-29(44-2)31(28)45-3)32-36-26-10-5-4-9-25(26)33(40)37(32)35-19-22-16-23(34)12-13-27(22)46-30(39)14-11-20-7-6-8-24(15-20)38(41)42/h4-19H,1-3H3/b14-11+,35-19?. The molecule has 0 spiro atoms. The summed E-state index contributed by atoms with van der Waals surface area (Å²) in [6.45, 7) is 0. The van der Waals surface area contributed by atoms with Crippen LogP contribution >= 0.6 is 15.9 Å². The number of fused-ring (bicyclic) bond motifs is 1. The number of esters is 1. The first-order valence-electron chi connectivity index (χ1n) is 13.5. The molecule has 0 amide bonds. The summed E-state index contributed by atoms with van der Waals surface area (Å²) in [6.07, 6.45) is 3.94. The Morgan fingerprint density at radius 3 is 2.37 bits per heavy atom. The molecule has 0 fully saturated rings. The zero-order valence-electron chi connectivity index (χ0n) is 24.7. The molecule has 0 bridgehead atoms. The molecule has 0 saturated carbocycles. The highest BCUT2D eigenvalue weighted by Crippen LogP contribution is 2.41. The van der Waals surface area contributed by atoms with Crippen molar-refractivity contribution in [1.82, 2.24) is 9.66 Å². The van der Waals surface area contributed by atoms with Crippen molar-refractivity contribution in [2.75, 3.05) is 21.3 Å². The van der Waals surface area contributed by atoms with Gasteiger partial charge in [-0.3, -0.25) is 14.9 Å². The number of para-hydroxylation sites is 1. The molecule has 0 aliphatic carbocycles. The van der Waals surface area contributed by atoms with Gasteiger partial charge in [0.05, 0.1) is 43.4 Å². The van der Waals surface area contributed by atoms with E-state index in [1.807, 2.05) is 0 Å². The Morgan fingerprint density at radius 2 is 1.67 bits per heavy atom. The van der Waals surface area contributed by atoms with E-state index in [1.165, 1.54) is 51.8 Å². The SMILES string of the molecule is COc1cc(-c2nc3ccccc3c(=O)n2N=Cc2cc(Br)ccc2OC(=O)/C=C/c2cccc([N+](=O)[O-])c2)cc(OC)c1OC. The molecule has 5 rings (SSSR count).